The molecular formula is C16H22N4O3. The number of nitrogens with zero attached hydrogens (tertiary/aromatic N) is 2. The highest BCUT2D eigenvalue weighted by Crippen LogP contribution is 2.27. The van der Waals surface area contributed by atoms with Crippen LogP contribution in [0, 0.1) is 0 Å². The summed E-state index contributed by atoms with van der Waals surface area (Å²) in [4.78, 5) is 11.9. The van der Waals surface area contributed by atoms with Gasteiger partial charge >= 0.3 is 6.03 Å². The summed E-state index contributed by atoms with van der Waals surface area (Å²) in [5, 5.41) is 9.81. The van der Waals surface area contributed by atoms with Gasteiger partial charge in [0.05, 0.1) is 20.8 Å². The van der Waals surface area contributed by atoms with Crippen LogP contribution in [0.2, 0.25) is 0 Å². The van der Waals surface area contributed by atoms with Gasteiger partial charge in [0.2, 0.25) is 0 Å². The molecular weight excluding hydrogens is 296 g/mol. The molecule has 0 saturated carbocycles. The van der Waals surface area contributed by atoms with Crippen LogP contribution in [0.25, 0.3) is 0 Å². The van der Waals surface area contributed by atoms with Crippen LogP contribution in [0.3, 0.4) is 0 Å². The summed E-state index contributed by atoms with van der Waals surface area (Å²) in [6.07, 6.45) is 3.57. The van der Waals surface area contributed by atoms with Gasteiger partial charge in [0.25, 0.3) is 0 Å². The number of rotatable bonds is 7. The third-order valence-electron chi connectivity index (χ3n) is 3.30. The van der Waals surface area contributed by atoms with Gasteiger partial charge in [-0.3, -0.25) is 4.68 Å². The average molecular weight is 318 g/mol. The highest BCUT2D eigenvalue weighted by Gasteiger charge is 2.09. The van der Waals surface area contributed by atoms with Crippen molar-refractivity contribution in [1.82, 2.24) is 20.4 Å². The Balaban J connectivity index is 1.82. The van der Waals surface area contributed by atoms with E-state index in [1.165, 1.54) is 0 Å². The molecule has 0 unspecified atom stereocenters. The molecule has 1 aromatic carbocycles. The molecule has 7 heteroatoms. The topological polar surface area (TPSA) is 77.4 Å². The number of hydrogen-bond acceptors (Lipinski definition) is 4. The van der Waals surface area contributed by atoms with Crippen LogP contribution in [-0.2, 0) is 13.1 Å². The predicted octanol–water partition coefficient (Wildman–Crippen LogP) is 1.79. The number of carbonyl (C=O) groups excluding carboxylic acids is 1. The van der Waals surface area contributed by atoms with E-state index >= 15 is 0 Å². The minimum absolute atomic E-state index is 0.0275. The Hall–Kier alpha value is -2.70. The number of nitrogens with one attached hydrogen (secondary N) is 2. The summed E-state index contributed by atoms with van der Waals surface area (Å²) in [5.74, 6) is 1.30. The minimum atomic E-state index is -0.223. The maximum absolute atomic E-state index is 11.9. The van der Waals surface area contributed by atoms with Crippen molar-refractivity contribution in [1.29, 1.82) is 0 Å². The highest BCUT2D eigenvalue weighted by atomic mass is 16.5. The van der Waals surface area contributed by atoms with Crippen LogP contribution in [0.5, 0.6) is 11.5 Å². The molecule has 2 aromatic rings. The quantitative estimate of drug-likeness (QED) is 0.816. The molecule has 1 heterocycles. The molecule has 0 aliphatic heterocycles. The summed E-state index contributed by atoms with van der Waals surface area (Å²) >= 11 is 0. The third kappa shape index (κ3) is 4.91. The number of amides is 2. The summed E-state index contributed by atoms with van der Waals surface area (Å²) in [6.45, 7) is 2.95. The van der Waals surface area contributed by atoms with E-state index in [1.807, 2.05) is 37.4 Å². The highest BCUT2D eigenvalue weighted by molar-refractivity contribution is 5.74. The molecule has 1 atom stereocenters. The lowest BCUT2D eigenvalue weighted by Crippen LogP contribution is -2.42. The molecule has 2 rings (SSSR count). The van der Waals surface area contributed by atoms with E-state index in [-0.39, 0.29) is 12.1 Å². The third-order valence-corrected chi connectivity index (χ3v) is 3.30. The first-order valence-electron chi connectivity index (χ1n) is 7.35. The van der Waals surface area contributed by atoms with Crippen molar-refractivity contribution in [2.45, 2.75) is 26.1 Å². The fourth-order valence-corrected chi connectivity index (χ4v) is 2.18. The molecule has 124 valence electrons. The number of hydrogen-bond donors (Lipinski definition) is 2. The van der Waals surface area contributed by atoms with E-state index in [2.05, 4.69) is 15.7 Å². The van der Waals surface area contributed by atoms with Gasteiger partial charge in [-0.05, 0) is 30.7 Å². The number of aromatic nitrogens is 2. The first kappa shape index (κ1) is 16.7. The van der Waals surface area contributed by atoms with Crippen LogP contribution < -0.4 is 20.1 Å². The van der Waals surface area contributed by atoms with Crippen molar-refractivity contribution >= 4 is 6.03 Å². The first-order valence-corrected chi connectivity index (χ1v) is 7.35. The van der Waals surface area contributed by atoms with E-state index in [9.17, 15) is 4.79 Å². The lowest BCUT2D eigenvalue weighted by Gasteiger charge is -2.15. The summed E-state index contributed by atoms with van der Waals surface area (Å²) < 4.78 is 12.2. The maximum atomic E-state index is 11.9. The zero-order valence-electron chi connectivity index (χ0n) is 13.6. The maximum Gasteiger partial charge on any atom is 0.315 e. The SMILES string of the molecule is COc1ccc(CNC(=O)N[C@@H](C)Cn2cccn2)cc1OC. The Morgan fingerprint density at radius 2 is 2.09 bits per heavy atom. The van der Waals surface area contributed by atoms with Crippen molar-refractivity contribution in [3.8, 4) is 11.5 Å². The van der Waals surface area contributed by atoms with Gasteiger partial charge in [-0.1, -0.05) is 6.07 Å². The van der Waals surface area contributed by atoms with Crippen molar-refractivity contribution < 1.29 is 14.3 Å². The molecule has 0 aliphatic carbocycles. The molecule has 1 aromatic heterocycles. The van der Waals surface area contributed by atoms with Gasteiger partial charge in [0.1, 0.15) is 0 Å². The van der Waals surface area contributed by atoms with Crippen LogP contribution in [-0.4, -0.2) is 36.1 Å². The molecule has 23 heavy (non-hydrogen) atoms. The number of ether oxygens (including phenoxy) is 2. The van der Waals surface area contributed by atoms with Gasteiger partial charge in [-0.25, -0.2) is 4.79 Å². The van der Waals surface area contributed by atoms with Crippen molar-refractivity contribution in [3.05, 3.63) is 42.2 Å². The minimum Gasteiger partial charge on any atom is -0.493 e. The van der Waals surface area contributed by atoms with Gasteiger partial charge in [-0.15, -0.1) is 0 Å². The second-order valence-electron chi connectivity index (χ2n) is 5.15. The van der Waals surface area contributed by atoms with E-state index in [1.54, 1.807) is 25.1 Å². The molecule has 0 saturated heterocycles. The van der Waals surface area contributed by atoms with E-state index in [4.69, 9.17) is 9.47 Å². The van der Waals surface area contributed by atoms with Crippen LogP contribution in [0.15, 0.2) is 36.7 Å². The Morgan fingerprint density at radius 3 is 2.74 bits per heavy atom. The molecule has 2 N–H and O–H groups in total. The molecule has 2 amide bonds. The second kappa shape index (κ2) is 8.07. The molecule has 0 fully saturated rings. The summed E-state index contributed by atoms with van der Waals surface area (Å²) in [7, 11) is 3.17. The van der Waals surface area contributed by atoms with Crippen molar-refractivity contribution in [2.75, 3.05) is 14.2 Å². The lowest BCUT2D eigenvalue weighted by atomic mass is 10.2. The Kier molecular flexibility index (Phi) is 5.85. The van der Waals surface area contributed by atoms with Crippen LogP contribution >= 0.6 is 0 Å². The largest absolute Gasteiger partial charge is 0.493 e. The normalized spacial score (nSPS) is 11.6. The average Bonchev–Trinajstić information content (AvgIpc) is 3.05. The van der Waals surface area contributed by atoms with Gasteiger partial charge < -0.3 is 20.1 Å². The smallest absolute Gasteiger partial charge is 0.315 e. The fraction of sp³-hybridized carbons (Fsp3) is 0.375. The fourth-order valence-electron chi connectivity index (χ4n) is 2.18. The Bertz CT molecular complexity index is 628. The lowest BCUT2D eigenvalue weighted by molar-refractivity contribution is 0.235. The van der Waals surface area contributed by atoms with Gasteiger partial charge in [0, 0.05) is 25.0 Å². The predicted molar refractivity (Wildman–Crippen MR) is 86.6 cm³/mol. The monoisotopic (exact) mass is 318 g/mol. The van der Waals surface area contributed by atoms with E-state index < -0.39 is 0 Å². The molecule has 7 nitrogen and oxygen atoms in total. The summed E-state index contributed by atoms with van der Waals surface area (Å²) in [5.41, 5.74) is 0.928. The number of benzene rings is 1. The zero-order chi connectivity index (χ0) is 16.7. The standard InChI is InChI=1S/C16H22N4O3/c1-12(11-20-8-4-7-18-20)19-16(21)17-10-13-5-6-14(22-2)15(9-13)23-3/h4-9,12H,10-11H2,1-3H3,(H2,17,19,21)/t12-/m0/s1. The van der Waals surface area contributed by atoms with Crippen molar-refractivity contribution in [2.24, 2.45) is 0 Å². The zero-order valence-corrected chi connectivity index (χ0v) is 13.6. The molecule has 0 spiro atoms. The Morgan fingerprint density at radius 1 is 1.30 bits per heavy atom. The van der Waals surface area contributed by atoms with Crippen LogP contribution in [0.4, 0.5) is 4.79 Å². The summed E-state index contributed by atoms with van der Waals surface area (Å²) in [6, 6.07) is 7.14. The Labute approximate surface area is 135 Å². The van der Waals surface area contributed by atoms with Crippen LogP contribution in [0.1, 0.15) is 12.5 Å². The van der Waals surface area contributed by atoms with Crippen molar-refractivity contribution in [3.63, 3.8) is 0 Å². The first-order chi connectivity index (χ1) is 11.1. The number of methoxy groups -OCH3 is 2. The van der Waals surface area contributed by atoms with E-state index in [0.717, 1.165) is 5.56 Å². The molecule has 0 radical (unpaired) electrons. The molecule has 0 aliphatic rings. The van der Waals surface area contributed by atoms with Gasteiger partial charge in [0.15, 0.2) is 11.5 Å². The van der Waals surface area contributed by atoms with E-state index in [0.29, 0.717) is 24.6 Å². The second-order valence-corrected chi connectivity index (χ2v) is 5.15. The molecule has 0 bridgehead atoms. The van der Waals surface area contributed by atoms with Gasteiger partial charge in [-0.2, -0.15) is 5.10 Å². The number of urea groups is 1. The number of carbonyl (C=O) groups is 1.